The van der Waals surface area contributed by atoms with Gasteiger partial charge in [-0.1, -0.05) is 5.92 Å². The number of terminal acetylenes is 1. The molecular weight excluding hydrogens is 292 g/mol. The van der Waals surface area contributed by atoms with Crippen LogP contribution in [0.1, 0.15) is 36.7 Å². The molecule has 0 aromatic heterocycles. The largest absolute Gasteiger partial charge is 0.444 e. The summed E-state index contributed by atoms with van der Waals surface area (Å²) in [7, 11) is 0. The van der Waals surface area contributed by atoms with Crippen LogP contribution in [-0.2, 0) is 4.74 Å². The van der Waals surface area contributed by atoms with E-state index in [2.05, 4.69) is 10.8 Å². The highest BCUT2D eigenvalue weighted by atomic mass is 16.6. The molecule has 0 unspecified atom stereocenters. The number of piperazine rings is 1. The number of amides is 1. The van der Waals surface area contributed by atoms with Gasteiger partial charge in [0.1, 0.15) is 11.9 Å². The fourth-order valence-corrected chi connectivity index (χ4v) is 2.44. The SMILES string of the molecule is C#Cc1cc(C=O)cc(N2CCN(C(=O)OC(C)(C)C)CC2)c1. The minimum absolute atomic E-state index is 0.289. The molecule has 1 aliphatic rings. The monoisotopic (exact) mass is 314 g/mol. The summed E-state index contributed by atoms with van der Waals surface area (Å²) in [5, 5.41) is 0. The Hall–Kier alpha value is -2.48. The Morgan fingerprint density at radius 1 is 1.22 bits per heavy atom. The third-order valence-electron chi connectivity index (χ3n) is 3.54. The number of rotatable bonds is 2. The van der Waals surface area contributed by atoms with Crippen molar-refractivity contribution in [2.24, 2.45) is 0 Å². The fraction of sp³-hybridized carbons (Fsp3) is 0.444. The van der Waals surface area contributed by atoms with E-state index in [4.69, 9.17) is 11.2 Å². The highest BCUT2D eigenvalue weighted by molar-refractivity contribution is 5.78. The van der Waals surface area contributed by atoms with Crippen LogP contribution in [-0.4, -0.2) is 49.1 Å². The Balaban J connectivity index is 2.03. The van der Waals surface area contributed by atoms with Gasteiger partial charge in [0.25, 0.3) is 0 Å². The first kappa shape index (κ1) is 16.9. The molecule has 0 saturated carbocycles. The molecule has 122 valence electrons. The standard InChI is InChI=1S/C18H22N2O3/c1-5-14-10-15(13-21)12-16(11-14)19-6-8-20(9-7-19)17(22)23-18(2,3)4/h1,10-13H,6-9H2,2-4H3. The average molecular weight is 314 g/mol. The molecule has 0 spiro atoms. The van der Waals surface area contributed by atoms with E-state index in [1.54, 1.807) is 11.0 Å². The second kappa shape index (κ2) is 6.74. The lowest BCUT2D eigenvalue weighted by Gasteiger charge is -2.36. The second-order valence-electron chi connectivity index (χ2n) is 6.53. The molecule has 0 N–H and O–H groups in total. The zero-order valence-electron chi connectivity index (χ0n) is 13.8. The molecule has 1 amide bonds. The minimum Gasteiger partial charge on any atom is -0.444 e. The van der Waals surface area contributed by atoms with Crippen LogP contribution in [0.15, 0.2) is 18.2 Å². The zero-order chi connectivity index (χ0) is 17.0. The first-order valence-electron chi connectivity index (χ1n) is 7.62. The predicted molar refractivity (Wildman–Crippen MR) is 89.8 cm³/mol. The van der Waals surface area contributed by atoms with Gasteiger partial charge >= 0.3 is 6.09 Å². The van der Waals surface area contributed by atoms with E-state index in [0.717, 1.165) is 12.0 Å². The maximum absolute atomic E-state index is 12.1. The lowest BCUT2D eigenvalue weighted by molar-refractivity contribution is 0.0240. The number of hydrogen-bond acceptors (Lipinski definition) is 4. The number of nitrogens with zero attached hydrogens (tertiary/aromatic N) is 2. The van der Waals surface area contributed by atoms with Crippen LogP contribution in [0.2, 0.25) is 0 Å². The smallest absolute Gasteiger partial charge is 0.410 e. The Morgan fingerprint density at radius 2 is 1.87 bits per heavy atom. The van der Waals surface area contributed by atoms with Crippen molar-refractivity contribution >= 4 is 18.1 Å². The molecule has 5 nitrogen and oxygen atoms in total. The van der Waals surface area contributed by atoms with Crippen molar-refractivity contribution in [2.45, 2.75) is 26.4 Å². The van der Waals surface area contributed by atoms with Crippen LogP contribution in [0.25, 0.3) is 0 Å². The summed E-state index contributed by atoms with van der Waals surface area (Å²) >= 11 is 0. The fourth-order valence-electron chi connectivity index (χ4n) is 2.44. The molecular formula is C18H22N2O3. The van der Waals surface area contributed by atoms with Crippen molar-refractivity contribution in [3.8, 4) is 12.3 Å². The summed E-state index contributed by atoms with van der Waals surface area (Å²) in [6.07, 6.45) is 5.94. The normalized spacial score (nSPS) is 15.0. The summed E-state index contributed by atoms with van der Waals surface area (Å²) in [5.41, 5.74) is 1.66. The number of ether oxygens (including phenoxy) is 1. The molecule has 1 fully saturated rings. The Kier molecular flexibility index (Phi) is 4.95. The van der Waals surface area contributed by atoms with Gasteiger partial charge in [0.15, 0.2) is 0 Å². The lowest BCUT2D eigenvalue weighted by Crippen LogP contribution is -2.50. The van der Waals surface area contributed by atoms with Crippen molar-refractivity contribution in [1.82, 2.24) is 4.90 Å². The molecule has 1 heterocycles. The zero-order valence-corrected chi connectivity index (χ0v) is 13.8. The maximum atomic E-state index is 12.1. The summed E-state index contributed by atoms with van der Waals surface area (Å²) < 4.78 is 5.39. The van der Waals surface area contributed by atoms with Gasteiger partial charge in [-0.3, -0.25) is 4.79 Å². The van der Waals surface area contributed by atoms with Gasteiger partial charge in [-0.15, -0.1) is 6.42 Å². The van der Waals surface area contributed by atoms with Crippen LogP contribution in [0.5, 0.6) is 0 Å². The van der Waals surface area contributed by atoms with Crippen LogP contribution >= 0.6 is 0 Å². The number of benzene rings is 1. The maximum Gasteiger partial charge on any atom is 0.410 e. The van der Waals surface area contributed by atoms with E-state index < -0.39 is 5.60 Å². The summed E-state index contributed by atoms with van der Waals surface area (Å²) in [6.45, 7) is 8.06. The molecule has 1 aromatic rings. The summed E-state index contributed by atoms with van der Waals surface area (Å²) in [6, 6.07) is 5.39. The molecule has 1 aliphatic heterocycles. The minimum atomic E-state index is -0.492. The van der Waals surface area contributed by atoms with E-state index in [-0.39, 0.29) is 6.09 Å². The van der Waals surface area contributed by atoms with Crippen LogP contribution in [0, 0.1) is 12.3 Å². The first-order valence-corrected chi connectivity index (χ1v) is 7.62. The lowest BCUT2D eigenvalue weighted by atomic mass is 10.1. The van der Waals surface area contributed by atoms with Crippen molar-refractivity contribution in [3.05, 3.63) is 29.3 Å². The highest BCUT2D eigenvalue weighted by Gasteiger charge is 2.26. The van der Waals surface area contributed by atoms with Gasteiger partial charge in [0.05, 0.1) is 0 Å². The Bertz CT molecular complexity index is 633. The number of aldehydes is 1. The van der Waals surface area contributed by atoms with Gasteiger partial charge < -0.3 is 14.5 Å². The number of anilines is 1. The molecule has 0 aliphatic carbocycles. The van der Waals surface area contributed by atoms with Crippen molar-refractivity contribution in [3.63, 3.8) is 0 Å². The van der Waals surface area contributed by atoms with Crippen molar-refractivity contribution < 1.29 is 14.3 Å². The molecule has 0 radical (unpaired) electrons. The molecule has 2 rings (SSSR count). The summed E-state index contributed by atoms with van der Waals surface area (Å²) in [5.74, 6) is 2.56. The van der Waals surface area contributed by atoms with Crippen LogP contribution < -0.4 is 4.90 Å². The third kappa shape index (κ3) is 4.49. The van der Waals surface area contributed by atoms with E-state index in [9.17, 15) is 9.59 Å². The summed E-state index contributed by atoms with van der Waals surface area (Å²) in [4.78, 5) is 26.9. The number of carbonyl (C=O) groups is 2. The van der Waals surface area contributed by atoms with E-state index >= 15 is 0 Å². The Morgan fingerprint density at radius 3 is 2.39 bits per heavy atom. The van der Waals surface area contributed by atoms with Gasteiger partial charge in [-0.25, -0.2) is 4.79 Å². The van der Waals surface area contributed by atoms with Gasteiger partial charge in [-0.2, -0.15) is 0 Å². The molecule has 23 heavy (non-hydrogen) atoms. The molecule has 1 saturated heterocycles. The van der Waals surface area contributed by atoms with Crippen molar-refractivity contribution in [2.75, 3.05) is 31.1 Å². The van der Waals surface area contributed by atoms with E-state index in [1.165, 1.54) is 0 Å². The predicted octanol–water partition coefficient (Wildman–Crippen LogP) is 2.54. The van der Waals surface area contributed by atoms with E-state index in [1.807, 2.05) is 32.9 Å². The number of carbonyl (C=O) groups excluding carboxylic acids is 2. The van der Waals surface area contributed by atoms with Crippen LogP contribution in [0.4, 0.5) is 10.5 Å². The highest BCUT2D eigenvalue weighted by Crippen LogP contribution is 2.21. The molecule has 1 aromatic carbocycles. The molecule has 0 bridgehead atoms. The van der Waals surface area contributed by atoms with Crippen molar-refractivity contribution in [1.29, 1.82) is 0 Å². The van der Waals surface area contributed by atoms with Gasteiger partial charge in [0.2, 0.25) is 0 Å². The molecule has 0 atom stereocenters. The topological polar surface area (TPSA) is 49.9 Å². The number of hydrogen-bond donors (Lipinski definition) is 0. The average Bonchev–Trinajstić information content (AvgIpc) is 2.52. The first-order chi connectivity index (χ1) is 10.8. The quantitative estimate of drug-likeness (QED) is 0.622. The van der Waals surface area contributed by atoms with Gasteiger partial charge in [0, 0.05) is 43.0 Å². The van der Waals surface area contributed by atoms with Crippen LogP contribution in [0.3, 0.4) is 0 Å². The molecule has 5 heteroatoms. The van der Waals surface area contributed by atoms with Gasteiger partial charge in [-0.05, 0) is 39.0 Å². The third-order valence-corrected chi connectivity index (χ3v) is 3.54. The second-order valence-corrected chi connectivity index (χ2v) is 6.53. The Labute approximate surface area is 137 Å². The van der Waals surface area contributed by atoms with E-state index in [0.29, 0.717) is 37.3 Å².